The van der Waals surface area contributed by atoms with E-state index in [0.717, 1.165) is 56.8 Å². The molecule has 3 heteroatoms. The van der Waals surface area contributed by atoms with Gasteiger partial charge in [0.05, 0.1) is 12.7 Å². The molecule has 0 spiro atoms. The molecule has 2 fully saturated rings. The summed E-state index contributed by atoms with van der Waals surface area (Å²) in [6.45, 7) is 6.05. The van der Waals surface area contributed by atoms with Crippen LogP contribution in [-0.4, -0.2) is 36.2 Å². The van der Waals surface area contributed by atoms with E-state index in [1.54, 1.807) is 0 Å². The Hall–Kier alpha value is -1.84. The molecule has 4 rings (SSSR count). The van der Waals surface area contributed by atoms with E-state index in [0.29, 0.717) is 5.92 Å². The van der Waals surface area contributed by atoms with Crippen LogP contribution < -0.4 is 4.74 Å². The van der Waals surface area contributed by atoms with Crippen LogP contribution in [0.1, 0.15) is 68.6 Å². The van der Waals surface area contributed by atoms with Crippen molar-refractivity contribution in [1.29, 1.82) is 0 Å². The second-order valence-electron chi connectivity index (χ2n) is 8.82. The average molecular weight is 410 g/mol. The van der Waals surface area contributed by atoms with Crippen LogP contribution >= 0.6 is 0 Å². The van der Waals surface area contributed by atoms with E-state index in [4.69, 9.17) is 4.74 Å². The lowest BCUT2D eigenvalue weighted by Crippen LogP contribution is -2.36. The van der Waals surface area contributed by atoms with Crippen molar-refractivity contribution in [3.8, 4) is 5.75 Å². The van der Waals surface area contributed by atoms with Gasteiger partial charge in [-0.15, -0.1) is 0 Å². The van der Waals surface area contributed by atoms with Gasteiger partial charge in [-0.25, -0.2) is 0 Å². The van der Waals surface area contributed by atoms with Crippen molar-refractivity contribution in [1.82, 2.24) is 4.90 Å². The summed E-state index contributed by atoms with van der Waals surface area (Å²) in [7, 11) is 0. The maximum atomic E-state index is 10.6. The molecule has 0 amide bonds. The molecule has 2 aromatic rings. The molecule has 2 aliphatic rings. The van der Waals surface area contributed by atoms with Gasteiger partial charge in [0.25, 0.3) is 0 Å². The minimum absolute atomic E-state index is 0.326. The van der Waals surface area contributed by atoms with Gasteiger partial charge in [-0.05, 0) is 62.9 Å². The number of nitrogens with zero attached hydrogens (tertiary/aromatic N) is 1. The third-order valence-corrected chi connectivity index (χ3v) is 6.38. The third kappa shape index (κ3) is 7.77. The summed E-state index contributed by atoms with van der Waals surface area (Å²) in [5.41, 5.74) is 2.31. The Morgan fingerprint density at radius 3 is 2.10 bits per heavy atom. The van der Waals surface area contributed by atoms with E-state index in [2.05, 4.69) is 24.0 Å². The Balaban J connectivity index is 0.000000448. The van der Waals surface area contributed by atoms with Crippen LogP contribution in [0.3, 0.4) is 0 Å². The van der Waals surface area contributed by atoms with Crippen LogP contribution in [0.5, 0.6) is 5.75 Å². The molecule has 1 atom stereocenters. The van der Waals surface area contributed by atoms with E-state index < -0.39 is 0 Å². The fraction of sp³-hybridized carbons (Fsp3) is 0.556. The number of aliphatic hydroxyl groups excluding tert-OH is 1. The molecule has 1 heterocycles. The smallest absolute Gasteiger partial charge is 0.119 e. The van der Waals surface area contributed by atoms with Crippen molar-refractivity contribution in [3.05, 3.63) is 65.7 Å². The molecule has 0 radical (unpaired) electrons. The molecular weight excluding hydrogens is 370 g/mol. The fourth-order valence-electron chi connectivity index (χ4n) is 4.41. The van der Waals surface area contributed by atoms with Crippen LogP contribution in [0.2, 0.25) is 0 Å². The molecule has 164 valence electrons. The van der Waals surface area contributed by atoms with Crippen molar-refractivity contribution in [2.75, 3.05) is 26.2 Å². The monoisotopic (exact) mass is 409 g/mol. The van der Waals surface area contributed by atoms with Gasteiger partial charge in [-0.1, -0.05) is 80.1 Å². The first-order valence-corrected chi connectivity index (χ1v) is 11.9. The highest BCUT2D eigenvalue weighted by molar-refractivity contribution is 5.26. The SMILES string of the molecule is C1CCCC1.Cc1ccc(OCCCN2CCC(C(O)c3ccccc3)CC2)cc1. The zero-order valence-corrected chi connectivity index (χ0v) is 18.6. The fourth-order valence-corrected chi connectivity index (χ4v) is 4.41. The normalized spacial score (nSPS) is 18.5. The summed E-state index contributed by atoms with van der Waals surface area (Å²) in [6.07, 6.45) is 10.3. The van der Waals surface area contributed by atoms with Crippen LogP contribution in [0.15, 0.2) is 54.6 Å². The highest BCUT2D eigenvalue weighted by Crippen LogP contribution is 2.30. The maximum Gasteiger partial charge on any atom is 0.119 e. The number of aliphatic hydroxyl groups is 1. The molecule has 1 saturated heterocycles. The van der Waals surface area contributed by atoms with Crippen LogP contribution in [0.25, 0.3) is 0 Å². The van der Waals surface area contributed by atoms with E-state index in [1.807, 2.05) is 42.5 Å². The van der Waals surface area contributed by atoms with Gasteiger partial charge in [0.1, 0.15) is 5.75 Å². The minimum Gasteiger partial charge on any atom is -0.494 e. The molecule has 3 nitrogen and oxygen atoms in total. The van der Waals surface area contributed by atoms with Crippen molar-refractivity contribution in [2.45, 2.75) is 64.4 Å². The van der Waals surface area contributed by atoms with E-state index in [-0.39, 0.29) is 6.10 Å². The van der Waals surface area contributed by atoms with Crippen molar-refractivity contribution < 1.29 is 9.84 Å². The topological polar surface area (TPSA) is 32.7 Å². The van der Waals surface area contributed by atoms with Gasteiger partial charge in [-0.2, -0.15) is 0 Å². The molecule has 0 aromatic heterocycles. The number of likely N-dealkylation sites (tertiary alicyclic amines) is 1. The summed E-state index contributed by atoms with van der Waals surface area (Å²) < 4.78 is 5.80. The van der Waals surface area contributed by atoms with E-state index >= 15 is 0 Å². The number of hydrogen-bond acceptors (Lipinski definition) is 3. The van der Waals surface area contributed by atoms with Gasteiger partial charge in [-0.3, -0.25) is 0 Å². The molecule has 1 N–H and O–H groups in total. The Morgan fingerprint density at radius 2 is 1.50 bits per heavy atom. The molecule has 30 heavy (non-hydrogen) atoms. The lowest BCUT2D eigenvalue weighted by Gasteiger charge is -2.34. The highest BCUT2D eigenvalue weighted by atomic mass is 16.5. The number of aryl methyl sites for hydroxylation is 1. The summed E-state index contributed by atoms with van der Waals surface area (Å²) >= 11 is 0. The molecule has 2 aromatic carbocycles. The highest BCUT2D eigenvalue weighted by Gasteiger charge is 2.25. The maximum absolute atomic E-state index is 10.6. The zero-order valence-electron chi connectivity index (χ0n) is 18.6. The molecule has 1 aliphatic carbocycles. The molecule has 0 bridgehead atoms. The standard InChI is InChI=1S/C22H29NO2.C5H10/c1-18-8-10-21(11-9-18)25-17-5-14-23-15-12-20(13-16-23)22(24)19-6-3-2-4-7-19;1-2-4-5-3-1/h2-4,6-11,20,22,24H,5,12-17H2,1H3;1-5H2. The van der Waals surface area contributed by atoms with Gasteiger partial charge >= 0.3 is 0 Å². The quantitative estimate of drug-likeness (QED) is 0.556. The van der Waals surface area contributed by atoms with Gasteiger partial charge in [0, 0.05) is 6.54 Å². The first kappa shape index (κ1) is 22.8. The summed E-state index contributed by atoms with van der Waals surface area (Å²) in [4.78, 5) is 2.49. The first-order valence-electron chi connectivity index (χ1n) is 11.9. The second-order valence-corrected chi connectivity index (χ2v) is 8.82. The summed E-state index contributed by atoms with van der Waals surface area (Å²) in [5, 5.41) is 10.6. The summed E-state index contributed by atoms with van der Waals surface area (Å²) in [5.74, 6) is 1.33. The molecular formula is C27H39NO2. The van der Waals surface area contributed by atoms with E-state index in [1.165, 1.54) is 37.7 Å². The average Bonchev–Trinajstić information content (AvgIpc) is 3.39. The largest absolute Gasteiger partial charge is 0.494 e. The van der Waals surface area contributed by atoms with Crippen LogP contribution in [0, 0.1) is 12.8 Å². The Morgan fingerprint density at radius 1 is 0.900 bits per heavy atom. The van der Waals surface area contributed by atoms with Crippen molar-refractivity contribution >= 4 is 0 Å². The molecule has 1 saturated carbocycles. The minimum atomic E-state index is -0.326. The van der Waals surface area contributed by atoms with Crippen LogP contribution in [0.4, 0.5) is 0 Å². The van der Waals surface area contributed by atoms with Crippen LogP contribution in [-0.2, 0) is 0 Å². The predicted molar refractivity (Wildman–Crippen MR) is 125 cm³/mol. The number of ether oxygens (including phenoxy) is 1. The lowest BCUT2D eigenvalue weighted by atomic mass is 9.87. The predicted octanol–water partition coefficient (Wildman–Crippen LogP) is 6.16. The molecule has 1 aliphatic heterocycles. The number of piperidine rings is 1. The lowest BCUT2D eigenvalue weighted by molar-refractivity contribution is 0.0575. The van der Waals surface area contributed by atoms with Gasteiger partial charge in [0.2, 0.25) is 0 Å². The van der Waals surface area contributed by atoms with Gasteiger partial charge in [0.15, 0.2) is 0 Å². The van der Waals surface area contributed by atoms with E-state index in [9.17, 15) is 5.11 Å². The Labute approximate surface area is 183 Å². The number of hydrogen-bond donors (Lipinski definition) is 1. The van der Waals surface area contributed by atoms with Crippen molar-refractivity contribution in [3.63, 3.8) is 0 Å². The molecule has 1 unspecified atom stereocenters. The zero-order chi connectivity index (χ0) is 21.0. The van der Waals surface area contributed by atoms with Crippen molar-refractivity contribution in [2.24, 2.45) is 5.92 Å². The second kappa shape index (κ2) is 12.8. The third-order valence-electron chi connectivity index (χ3n) is 6.38. The van der Waals surface area contributed by atoms with Gasteiger partial charge < -0.3 is 14.7 Å². The number of benzene rings is 2. The Bertz CT molecular complexity index is 681. The number of rotatable bonds is 7. The summed E-state index contributed by atoms with van der Waals surface area (Å²) in [6, 6.07) is 18.3. The Kier molecular flexibility index (Phi) is 9.72. The first-order chi connectivity index (χ1) is 14.7.